The van der Waals surface area contributed by atoms with Gasteiger partial charge in [0.2, 0.25) is 5.91 Å². The van der Waals surface area contributed by atoms with Crippen LogP contribution in [0, 0.1) is 23.5 Å². The Morgan fingerprint density at radius 2 is 2.00 bits per heavy atom. The summed E-state index contributed by atoms with van der Waals surface area (Å²) in [5.74, 6) is 5.24. The molecule has 4 aromatic rings. The SMILES string of the molecule is CCN(CCO)CCC#Cc1ccc2c(Nc3cc(CC(=O)Nc4ccc(F)cc4F)[nH]n3)ncnc2c1. The molecule has 0 fully saturated rings. The Bertz CT molecular complexity index is 1480. The Balaban J connectivity index is 1.38. The van der Waals surface area contributed by atoms with Crippen LogP contribution in [-0.4, -0.2) is 62.3 Å². The van der Waals surface area contributed by atoms with Gasteiger partial charge in [0.1, 0.15) is 23.8 Å². The van der Waals surface area contributed by atoms with E-state index in [1.54, 1.807) is 6.07 Å². The van der Waals surface area contributed by atoms with E-state index >= 15 is 0 Å². The van der Waals surface area contributed by atoms with E-state index in [4.69, 9.17) is 5.11 Å². The molecule has 4 rings (SSSR count). The first-order valence-electron chi connectivity index (χ1n) is 12.1. The molecule has 2 heterocycles. The Morgan fingerprint density at radius 1 is 1.13 bits per heavy atom. The van der Waals surface area contributed by atoms with Crippen LogP contribution in [-0.2, 0) is 11.2 Å². The van der Waals surface area contributed by atoms with E-state index in [2.05, 4.69) is 54.5 Å². The monoisotopic (exact) mass is 519 g/mol. The third-order valence-corrected chi connectivity index (χ3v) is 5.72. The van der Waals surface area contributed by atoms with Gasteiger partial charge in [-0.15, -0.1) is 0 Å². The fourth-order valence-electron chi connectivity index (χ4n) is 3.78. The lowest BCUT2D eigenvalue weighted by molar-refractivity contribution is -0.115. The standard InChI is InChI=1S/C27H27F2N7O2/c1-2-36(11-12-37)10-4-3-5-18-6-8-21-24(13-18)30-17-31-27(21)33-25-15-20(34-35-25)16-26(38)32-23-9-7-19(28)14-22(23)29/h6-9,13-15,17,37H,2,4,10-12,16H2,1H3,(H,32,38)(H2,30,31,33,34,35). The van der Waals surface area contributed by atoms with Crippen LogP contribution in [0.5, 0.6) is 0 Å². The molecule has 0 unspecified atom stereocenters. The summed E-state index contributed by atoms with van der Waals surface area (Å²) in [6.45, 7) is 4.49. The molecule has 0 saturated heterocycles. The molecular formula is C27H27F2N7O2. The van der Waals surface area contributed by atoms with Crippen LogP contribution in [0.3, 0.4) is 0 Å². The number of hydrogen-bond donors (Lipinski definition) is 4. The summed E-state index contributed by atoms with van der Waals surface area (Å²) in [5.41, 5.74) is 1.93. The second kappa shape index (κ2) is 12.7. The number of nitrogens with one attached hydrogen (secondary N) is 3. The highest BCUT2D eigenvalue weighted by molar-refractivity contribution is 5.93. The molecule has 0 radical (unpaired) electrons. The van der Waals surface area contributed by atoms with Crippen molar-refractivity contribution < 1.29 is 18.7 Å². The number of nitrogens with zero attached hydrogens (tertiary/aromatic N) is 4. The zero-order valence-electron chi connectivity index (χ0n) is 20.8. The second-order valence-electron chi connectivity index (χ2n) is 8.42. The number of amides is 1. The molecule has 0 aliphatic rings. The maximum absolute atomic E-state index is 13.8. The number of H-pyrrole nitrogens is 1. The molecule has 2 aromatic carbocycles. The van der Waals surface area contributed by atoms with Crippen molar-refractivity contribution in [2.45, 2.75) is 19.8 Å². The minimum absolute atomic E-state index is 0.0892. The molecule has 0 bridgehead atoms. The number of likely N-dealkylation sites (N-methyl/N-ethyl adjacent to an activating group) is 1. The Morgan fingerprint density at radius 3 is 2.79 bits per heavy atom. The molecule has 38 heavy (non-hydrogen) atoms. The summed E-state index contributed by atoms with van der Waals surface area (Å²) in [5, 5.41) is 22.3. The van der Waals surface area contributed by atoms with Gasteiger partial charge in [-0.3, -0.25) is 9.89 Å². The van der Waals surface area contributed by atoms with Gasteiger partial charge < -0.3 is 20.6 Å². The minimum Gasteiger partial charge on any atom is -0.395 e. The Kier molecular flexibility index (Phi) is 8.92. The summed E-state index contributed by atoms with van der Waals surface area (Å²) in [4.78, 5) is 23.1. The van der Waals surface area contributed by atoms with E-state index in [1.165, 1.54) is 12.4 Å². The van der Waals surface area contributed by atoms with Crippen LogP contribution in [0.15, 0.2) is 48.8 Å². The molecule has 0 aliphatic heterocycles. The van der Waals surface area contributed by atoms with Crippen molar-refractivity contribution in [2.75, 3.05) is 36.9 Å². The quantitative estimate of drug-likeness (QED) is 0.236. The van der Waals surface area contributed by atoms with Gasteiger partial charge in [0.15, 0.2) is 5.82 Å². The lowest BCUT2D eigenvalue weighted by Gasteiger charge is -2.16. The van der Waals surface area contributed by atoms with Crippen molar-refractivity contribution >= 4 is 34.1 Å². The Hall–Kier alpha value is -4.40. The average molecular weight is 520 g/mol. The lowest BCUT2D eigenvalue weighted by Crippen LogP contribution is -2.27. The third-order valence-electron chi connectivity index (χ3n) is 5.72. The molecular weight excluding hydrogens is 492 g/mol. The highest BCUT2D eigenvalue weighted by Gasteiger charge is 2.12. The maximum atomic E-state index is 13.8. The summed E-state index contributed by atoms with van der Waals surface area (Å²) >= 11 is 0. The average Bonchev–Trinajstić information content (AvgIpc) is 3.34. The number of hydrogen-bond acceptors (Lipinski definition) is 7. The van der Waals surface area contributed by atoms with Gasteiger partial charge in [0.05, 0.1) is 24.2 Å². The van der Waals surface area contributed by atoms with Gasteiger partial charge in [0.25, 0.3) is 0 Å². The lowest BCUT2D eigenvalue weighted by atomic mass is 10.1. The Labute approximate surface area is 218 Å². The number of aliphatic hydroxyl groups is 1. The summed E-state index contributed by atoms with van der Waals surface area (Å²) in [6, 6.07) is 10.2. The molecule has 1 amide bonds. The van der Waals surface area contributed by atoms with Crippen LogP contribution in [0.4, 0.5) is 26.1 Å². The highest BCUT2D eigenvalue weighted by Crippen LogP contribution is 2.23. The van der Waals surface area contributed by atoms with Crippen molar-refractivity contribution in [2.24, 2.45) is 0 Å². The predicted octanol–water partition coefficient (Wildman–Crippen LogP) is 3.61. The summed E-state index contributed by atoms with van der Waals surface area (Å²) < 4.78 is 26.8. The van der Waals surface area contributed by atoms with E-state index in [-0.39, 0.29) is 18.7 Å². The number of aromatic amines is 1. The van der Waals surface area contributed by atoms with Crippen LogP contribution in [0.1, 0.15) is 24.6 Å². The molecule has 196 valence electrons. The normalized spacial score (nSPS) is 10.9. The van der Waals surface area contributed by atoms with E-state index < -0.39 is 17.5 Å². The van der Waals surface area contributed by atoms with Crippen LogP contribution >= 0.6 is 0 Å². The molecule has 11 heteroatoms. The first kappa shape index (κ1) is 26.7. The van der Waals surface area contributed by atoms with Crippen LogP contribution in [0.2, 0.25) is 0 Å². The number of halogens is 2. The molecule has 2 aromatic heterocycles. The largest absolute Gasteiger partial charge is 0.395 e. The number of carbonyl (C=O) groups excluding carboxylic acids is 1. The predicted molar refractivity (Wildman–Crippen MR) is 141 cm³/mol. The van der Waals surface area contributed by atoms with Gasteiger partial charge in [-0.2, -0.15) is 5.10 Å². The topological polar surface area (TPSA) is 119 Å². The number of rotatable bonds is 10. The van der Waals surface area contributed by atoms with E-state index in [0.717, 1.165) is 30.1 Å². The fraction of sp³-hybridized carbons (Fsp3) is 0.259. The number of fused-ring (bicyclic) bond motifs is 1. The van der Waals surface area contributed by atoms with Gasteiger partial charge in [0, 0.05) is 48.3 Å². The van der Waals surface area contributed by atoms with Crippen molar-refractivity contribution in [1.82, 2.24) is 25.1 Å². The molecule has 4 N–H and O–H groups in total. The summed E-state index contributed by atoms with van der Waals surface area (Å²) in [6.07, 6.45) is 2.04. The summed E-state index contributed by atoms with van der Waals surface area (Å²) in [7, 11) is 0. The van der Waals surface area contributed by atoms with Gasteiger partial charge in [-0.05, 0) is 36.9 Å². The second-order valence-corrected chi connectivity index (χ2v) is 8.42. The van der Waals surface area contributed by atoms with Crippen molar-refractivity contribution in [3.05, 3.63) is 71.7 Å². The van der Waals surface area contributed by atoms with Crippen LogP contribution in [0.25, 0.3) is 10.9 Å². The molecule has 0 saturated carbocycles. The van der Waals surface area contributed by atoms with Crippen molar-refractivity contribution in [3.63, 3.8) is 0 Å². The molecule has 0 spiro atoms. The number of aromatic nitrogens is 4. The van der Waals surface area contributed by atoms with Gasteiger partial charge >= 0.3 is 0 Å². The number of benzene rings is 2. The first-order valence-corrected chi connectivity index (χ1v) is 12.1. The zero-order chi connectivity index (χ0) is 26.9. The van der Waals surface area contributed by atoms with E-state index in [0.29, 0.717) is 41.9 Å². The molecule has 0 atom stereocenters. The fourth-order valence-corrected chi connectivity index (χ4v) is 3.78. The number of carbonyl (C=O) groups is 1. The van der Waals surface area contributed by atoms with Crippen LogP contribution < -0.4 is 10.6 Å². The van der Waals surface area contributed by atoms with E-state index in [9.17, 15) is 13.6 Å². The van der Waals surface area contributed by atoms with Gasteiger partial charge in [-0.1, -0.05) is 18.8 Å². The van der Waals surface area contributed by atoms with Crippen molar-refractivity contribution in [3.8, 4) is 11.8 Å². The molecule has 0 aliphatic carbocycles. The molecule has 9 nitrogen and oxygen atoms in total. The third kappa shape index (κ3) is 7.09. The maximum Gasteiger partial charge on any atom is 0.230 e. The highest BCUT2D eigenvalue weighted by atomic mass is 19.1. The number of aliphatic hydroxyl groups excluding tert-OH is 1. The first-order chi connectivity index (χ1) is 18.4. The minimum atomic E-state index is -0.851. The zero-order valence-corrected chi connectivity index (χ0v) is 20.8. The van der Waals surface area contributed by atoms with E-state index in [1.807, 2.05) is 18.2 Å². The smallest absolute Gasteiger partial charge is 0.230 e. The van der Waals surface area contributed by atoms with Gasteiger partial charge in [-0.25, -0.2) is 18.7 Å². The number of anilines is 3. The van der Waals surface area contributed by atoms with Crippen molar-refractivity contribution in [1.29, 1.82) is 0 Å².